The van der Waals surface area contributed by atoms with Gasteiger partial charge in [-0.2, -0.15) is 0 Å². The van der Waals surface area contributed by atoms with Crippen LogP contribution < -0.4 is 10.6 Å². The van der Waals surface area contributed by atoms with Crippen LogP contribution in [-0.4, -0.2) is 34.0 Å². The second kappa shape index (κ2) is 11.9. The Bertz CT molecular complexity index is 1590. The van der Waals surface area contributed by atoms with E-state index in [1.807, 2.05) is 64.1 Å². The van der Waals surface area contributed by atoms with Crippen LogP contribution in [0.4, 0.5) is 0 Å². The number of carbonyl (C=O) groups is 2. The summed E-state index contributed by atoms with van der Waals surface area (Å²) in [4.78, 5) is 30.2. The Balaban J connectivity index is 1.47. The van der Waals surface area contributed by atoms with Gasteiger partial charge < -0.3 is 15.6 Å². The van der Waals surface area contributed by atoms with E-state index >= 15 is 0 Å². The summed E-state index contributed by atoms with van der Waals surface area (Å²) in [5.74, 6) is 1.87. The van der Waals surface area contributed by atoms with Crippen molar-refractivity contribution in [1.82, 2.24) is 25.8 Å². The van der Waals surface area contributed by atoms with Crippen LogP contribution >= 0.6 is 0 Å². The smallest absolute Gasteiger partial charge is 0.252 e. The van der Waals surface area contributed by atoms with Gasteiger partial charge in [0.05, 0.1) is 0 Å². The average molecular weight is 564 g/mol. The largest absolute Gasteiger partial charge is 0.355 e. The predicted molar refractivity (Wildman–Crippen MR) is 168 cm³/mol. The fourth-order valence-corrected chi connectivity index (χ4v) is 5.52. The molecular formula is C35H41N5O2. The van der Waals surface area contributed by atoms with E-state index in [1.165, 1.54) is 0 Å². The molecule has 0 spiro atoms. The first-order valence-corrected chi connectivity index (χ1v) is 14.9. The summed E-state index contributed by atoms with van der Waals surface area (Å²) >= 11 is 0. The first kappa shape index (κ1) is 29.2. The van der Waals surface area contributed by atoms with Crippen LogP contribution in [0.3, 0.4) is 0 Å². The summed E-state index contributed by atoms with van der Waals surface area (Å²) in [6.45, 7) is 12.2. The van der Waals surface area contributed by atoms with Crippen LogP contribution in [0.5, 0.6) is 0 Å². The van der Waals surface area contributed by atoms with Gasteiger partial charge >= 0.3 is 0 Å². The molecule has 1 heterocycles. The van der Waals surface area contributed by atoms with Crippen molar-refractivity contribution in [3.63, 3.8) is 0 Å². The number of hydrogen-bond acceptors (Lipinski definition) is 4. The number of nitrogens with one attached hydrogen (secondary N) is 3. The number of hydrogen-bond donors (Lipinski definition) is 3. The molecule has 218 valence electrons. The van der Waals surface area contributed by atoms with Gasteiger partial charge in [-0.05, 0) is 118 Å². The summed E-state index contributed by atoms with van der Waals surface area (Å²) in [5, 5.41) is 14.8. The number of aromatic amines is 1. The molecule has 7 heteroatoms. The number of aryl methyl sites for hydroxylation is 1. The molecule has 0 bridgehead atoms. The van der Waals surface area contributed by atoms with Gasteiger partial charge in [0.2, 0.25) is 0 Å². The molecule has 2 fully saturated rings. The van der Waals surface area contributed by atoms with E-state index in [4.69, 9.17) is 0 Å². The predicted octanol–water partition coefficient (Wildman–Crippen LogP) is 6.65. The molecule has 3 aliphatic carbocycles. The molecule has 0 radical (unpaired) electrons. The molecule has 3 aliphatic rings. The van der Waals surface area contributed by atoms with Gasteiger partial charge in [0.15, 0.2) is 5.82 Å². The first-order valence-electron chi connectivity index (χ1n) is 14.9. The Kier molecular flexibility index (Phi) is 8.30. The second-order valence-corrected chi connectivity index (χ2v) is 11.7. The first-order chi connectivity index (χ1) is 20.2. The molecule has 0 unspecified atom stereocenters. The van der Waals surface area contributed by atoms with Crippen LogP contribution in [0.2, 0.25) is 0 Å². The topological polar surface area (TPSA) is 99.8 Å². The number of allylic oxidation sites excluding steroid dienone is 9. The van der Waals surface area contributed by atoms with Crippen LogP contribution in [-0.2, 0) is 10.3 Å². The molecule has 0 atom stereocenters. The maximum Gasteiger partial charge on any atom is 0.252 e. The Labute approximate surface area is 248 Å². The van der Waals surface area contributed by atoms with Gasteiger partial charge in [0, 0.05) is 24.1 Å². The maximum absolute atomic E-state index is 13.5. The van der Waals surface area contributed by atoms with E-state index in [1.54, 1.807) is 7.05 Å². The van der Waals surface area contributed by atoms with Crippen molar-refractivity contribution in [1.29, 1.82) is 0 Å². The monoisotopic (exact) mass is 563 g/mol. The third kappa shape index (κ3) is 6.01. The van der Waals surface area contributed by atoms with Crippen molar-refractivity contribution >= 4 is 17.4 Å². The number of H-pyrrole nitrogens is 1. The van der Waals surface area contributed by atoms with Gasteiger partial charge in [-0.1, -0.05) is 42.5 Å². The Morgan fingerprint density at radius 2 is 1.93 bits per heavy atom. The minimum Gasteiger partial charge on any atom is -0.355 e. The molecule has 0 saturated heterocycles. The van der Waals surface area contributed by atoms with Crippen LogP contribution in [0, 0.1) is 6.92 Å². The van der Waals surface area contributed by atoms with E-state index in [0.29, 0.717) is 17.1 Å². The van der Waals surface area contributed by atoms with Crippen molar-refractivity contribution in [2.24, 2.45) is 0 Å². The van der Waals surface area contributed by atoms with Crippen molar-refractivity contribution in [2.75, 3.05) is 7.05 Å². The SMILES string of the molecule is C=C(C)C(=C\C(=C/C)c1cc(C(=O)NC2(c3nnc(C4CC4)[nH]3)CC2)ccc1C)/C(C(=O)NC)=C(\C)C1=CC=CCC1. The Morgan fingerprint density at radius 3 is 2.52 bits per heavy atom. The highest BCUT2D eigenvalue weighted by Crippen LogP contribution is 2.46. The number of likely N-dealkylation sites (N-methyl/N-ethyl adjacent to an activating group) is 1. The maximum atomic E-state index is 13.5. The molecule has 0 aliphatic heterocycles. The number of carbonyl (C=O) groups excluding carboxylic acids is 2. The van der Waals surface area contributed by atoms with Gasteiger partial charge in [-0.15, -0.1) is 10.2 Å². The number of nitrogens with zero attached hydrogens (tertiary/aromatic N) is 2. The van der Waals surface area contributed by atoms with Gasteiger partial charge in [-0.25, -0.2) is 0 Å². The lowest BCUT2D eigenvalue weighted by atomic mass is 9.86. The van der Waals surface area contributed by atoms with Crippen LogP contribution in [0.15, 0.2) is 83.0 Å². The quantitative estimate of drug-likeness (QED) is 0.222. The average Bonchev–Trinajstić information content (AvgIpc) is 3.94. The van der Waals surface area contributed by atoms with Crippen LogP contribution in [0.25, 0.3) is 5.57 Å². The Morgan fingerprint density at radius 1 is 1.17 bits per heavy atom. The molecule has 2 aromatic rings. The number of benzene rings is 1. The zero-order chi connectivity index (χ0) is 30.0. The third-order valence-corrected chi connectivity index (χ3v) is 8.50. The van der Waals surface area contributed by atoms with Gasteiger partial charge in [0.25, 0.3) is 11.8 Å². The standard InChI is InChI=1S/C35H41N5O2/c1-7-24(19-28(21(2)3)30(33(42)36-6)23(5)25-11-9-8-10-12-25)29-20-27(14-13-22(29)4)32(41)38-35(17-18-35)34-37-31(39-40-34)26-15-16-26/h7-9,11,13-14,19-20,26H,2,10,12,15-18H2,1,3-6H3,(H,36,42)(H,38,41)(H,37,39,40)/b24-7+,28-19+,30-23-. The lowest BCUT2D eigenvalue weighted by molar-refractivity contribution is -0.116. The molecule has 7 nitrogen and oxygen atoms in total. The summed E-state index contributed by atoms with van der Waals surface area (Å²) in [5.41, 5.74) is 7.24. The highest BCUT2D eigenvalue weighted by atomic mass is 16.2. The molecule has 1 aromatic heterocycles. The van der Waals surface area contributed by atoms with Crippen LogP contribution in [0.1, 0.15) is 98.3 Å². The third-order valence-electron chi connectivity index (χ3n) is 8.50. The molecule has 1 aromatic carbocycles. The Hall–Kier alpha value is -4.26. The number of aromatic nitrogens is 3. The van der Waals surface area contributed by atoms with Crippen molar-refractivity contribution in [3.8, 4) is 0 Å². The fraction of sp³-hybridized carbons (Fsp3) is 0.371. The lowest BCUT2D eigenvalue weighted by Crippen LogP contribution is -2.35. The van der Waals surface area contributed by atoms with E-state index in [0.717, 1.165) is 89.2 Å². The summed E-state index contributed by atoms with van der Waals surface area (Å²) in [7, 11) is 1.65. The minimum absolute atomic E-state index is 0.142. The van der Waals surface area contributed by atoms with Gasteiger partial charge in [-0.3, -0.25) is 9.59 Å². The molecular weight excluding hydrogens is 522 g/mol. The zero-order valence-electron chi connectivity index (χ0n) is 25.4. The summed E-state index contributed by atoms with van der Waals surface area (Å²) in [6, 6.07) is 5.77. The zero-order valence-corrected chi connectivity index (χ0v) is 25.4. The van der Waals surface area contributed by atoms with Crippen molar-refractivity contribution in [2.45, 2.75) is 77.7 Å². The highest BCUT2D eigenvalue weighted by molar-refractivity contribution is 6.02. The molecule has 2 amide bonds. The molecule has 5 rings (SSSR count). The van der Waals surface area contributed by atoms with E-state index in [9.17, 15) is 9.59 Å². The fourth-order valence-electron chi connectivity index (χ4n) is 5.52. The summed E-state index contributed by atoms with van der Waals surface area (Å²) in [6.07, 6.45) is 16.1. The van der Waals surface area contributed by atoms with Crippen molar-refractivity contribution in [3.05, 3.63) is 111 Å². The van der Waals surface area contributed by atoms with E-state index in [-0.39, 0.29) is 11.8 Å². The lowest BCUT2D eigenvalue weighted by Gasteiger charge is -2.20. The summed E-state index contributed by atoms with van der Waals surface area (Å²) < 4.78 is 0. The highest BCUT2D eigenvalue weighted by Gasteiger charge is 2.49. The van der Waals surface area contributed by atoms with E-state index in [2.05, 4.69) is 44.5 Å². The van der Waals surface area contributed by atoms with Gasteiger partial charge in [0.1, 0.15) is 11.4 Å². The number of amides is 2. The molecule has 42 heavy (non-hydrogen) atoms. The van der Waals surface area contributed by atoms with E-state index < -0.39 is 5.54 Å². The molecule has 2 saturated carbocycles. The normalized spacial score (nSPS) is 18.6. The second-order valence-electron chi connectivity index (χ2n) is 11.7. The van der Waals surface area contributed by atoms with Crippen molar-refractivity contribution < 1.29 is 9.59 Å². The molecule has 3 N–H and O–H groups in total. The number of rotatable bonds is 10. The minimum atomic E-state index is -0.480.